The number of benzene rings is 2. The van der Waals surface area contributed by atoms with E-state index in [1.807, 2.05) is 20.9 Å². The first-order valence-corrected chi connectivity index (χ1v) is 15.1. The second-order valence-corrected chi connectivity index (χ2v) is 12.3. The summed E-state index contributed by atoms with van der Waals surface area (Å²) in [7, 11) is 1.99. The van der Waals surface area contributed by atoms with Crippen LogP contribution >= 0.6 is 0 Å². The predicted octanol–water partition coefficient (Wildman–Crippen LogP) is 2.98. The number of amides is 1. The van der Waals surface area contributed by atoms with Crippen molar-refractivity contribution in [3.63, 3.8) is 0 Å². The lowest BCUT2D eigenvalue weighted by Crippen LogP contribution is -2.69. The molecule has 1 amide bonds. The molecule has 12 nitrogen and oxygen atoms in total. The van der Waals surface area contributed by atoms with Crippen LogP contribution in [0.15, 0.2) is 18.7 Å². The van der Waals surface area contributed by atoms with Crippen molar-refractivity contribution in [1.29, 1.82) is 5.26 Å². The van der Waals surface area contributed by atoms with Gasteiger partial charge in [-0.2, -0.15) is 5.26 Å². The zero-order chi connectivity index (χ0) is 32.3. The first-order valence-electron chi connectivity index (χ1n) is 15.1. The zero-order valence-electron chi connectivity index (χ0n) is 26.2. The van der Waals surface area contributed by atoms with Crippen LogP contribution in [-0.4, -0.2) is 78.1 Å². The fourth-order valence-electron chi connectivity index (χ4n) is 7.63. The van der Waals surface area contributed by atoms with E-state index in [9.17, 15) is 20.0 Å². The first-order chi connectivity index (χ1) is 21.5. The molecular weight excluding hydrogens is 578 g/mol. The molecule has 12 heteroatoms. The van der Waals surface area contributed by atoms with E-state index in [-0.39, 0.29) is 55.5 Å². The highest BCUT2D eigenvalue weighted by Crippen LogP contribution is 2.57. The highest BCUT2D eigenvalue weighted by molar-refractivity contribution is 5.81. The maximum Gasteiger partial charge on any atom is 0.514 e. The topological polar surface area (TPSA) is 160 Å². The van der Waals surface area contributed by atoms with Gasteiger partial charge in [0.2, 0.25) is 12.7 Å². The minimum atomic E-state index is -0.897. The van der Waals surface area contributed by atoms with Crippen LogP contribution in [0.4, 0.5) is 4.79 Å². The molecule has 4 aliphatic heterocycles. The molecule has 2 aromatic rings. The number of rotatable bonds is 6. The molecule has 4 heterocycles. The van der Waals surface area contributed by atoms with Crippen LogP contribution in [0.25, 0.3) is 0 Å². The van der Waals surface area contributed by atoms with Gasteiger partial charge in [-0.15, -0.1) is 0 Å². The Labute approximate surface area is 262 Å². The van der Waals surface area contributed by atoms with E-state index in [1.165, 1.54) is 6.08 Å². The van der Waals surface area contributed by atoms with E-state index in [2.05, 4.69) is 33.8 Å². The number of phenols is 1. The monoisotopic (exact) mass is 617 g/mol. The average molecular weight is 618 g/mol. The smallest absolute Gasteiger partial charge is 0.507 e. The Morgan fingerprint density at radius 2 is 1.96 bits per heavy atom. The summed E-state index contributed by atoms with van der Waals surface area (Å²) in [5.41, 5.74) is 11.5. The Morgan fingerprint density at radius 1 is 1.22 bits per heavy atom. The number of nitrogens with one attached hydrogen (secondary N) is 1. The van der Waals surface area contributed by atoms with E-state index in [1.54, 1.807) is 13.8 Å². The van der Waals surface area contributed by atoms with Crippen LogP contribution in [-0.2, 0) is 22.4 Å². The largest absolute Gasteiger partial charge is 0.514 e. The number of nitrogens with zero attached hydrogens (tertiary/aromatic N) is 3. The fraction of sp³-hybridized carbons (Fsp3) is 0.485. The third kappa shape index (κ3) is 4.77. The van der Waals surface area contributed by atoms with E-state index in [0.717, 1.165) is 22.3 Å². The molecule has 0 radical (unpaired) electrons. The Balaban J connectivity index is 1.58. The standard InChI is InChI=1S/C33H39N5O7/c1-7-8-42-33(41)45-29-17(4)30-31(44-14-43-30)26-20(29)11-22-27-25-19(9-15(2)16(3)28(25)39)10-21(37(27)6)23(12-34)38(22)24(26)13-36-32(40)18(5)35/h7,9,18,21-24,27,39H,1,8,10-11,13-14,35H2,2-6H3,(H,36,40)/t18-,21+,22?,23-,24-,27-/m0/s1. The highest BCUT2D eigenvalue weighted by Gasteiger charge is 2.56. The second-order valence-electron chi connectivity index (χ2n) is 12.3. The first kappa shape index (κ1) is 30.7. The number of aromatic hydroxyl groups is 1. The lowest BCUT2D eigenvalue weighted by molar-refractivity contribution is -0.123. The van der Waals surface area contributed by atoms with Gasteiger partial charge in [-0.3, -0.25) is 14.6 Å². The van der Waals surface area contributed by atoms with Crippen LogP contribution in [0, 0.1) is 32.1 Å². The Bertz CT molecular complexity index is 1630. The normalized spacial score (nSPS) is 25.2. The van der Waals surface area contributed by atoms with Gasteiger partial charge in [-0.25, -0.2) is 4.79 Å². The van der Waals surface area contributed by atoms with Gasteiger partial charge in [-0.05, 0) is 64.3 Å². The van der Waals surface area contributed by atoms with Crippen LogP contribution in [0.1, 0.15) is 58.0 Å². The summed E-state index contributed by atoms with van der Waals surface area (Å²) in [5, 5.41) is 25.3. The maximum absolute atomic E-state index is 12.8. The van der Waals surface area contributed by atoms with Gasteiger partial charge >= 0.3 is 6.16 Å². The summed E-state index contributed by atoms with van der Waals surface area (Å²) >= 11 is 0. The molecule has 0 saturated carbocycles. The fourth-order valence-corrected chi connectivity index (χ4v) is 7.63. The molecule has 6 atom stereocenters. The van der Waals surface area contributed by atoms with Crippen molar-refractivity contribution in [2.24, 2.45) is 5.73 Å². The van der Waals surface area contributed by atoms with Gasteiger partial charge in [0.1, 0.15) is 24.1 Å². The van der Waals surface area contributed by atoms with Crippen molar-refractivity contribution in [1.82, 2.24) is 15.1 Å². The molecule has 2 aromatic carbocycles. The van der Waals surface area contributed by atoms with Crippen molar-refractivity contribution < 1.29 is 33.6 Å². The Morgan fingerprint density at radius 3 is 2.64 bits per heavy atom. The number of carbonyl (C=O) groups excluding carboxylic acids is 2. The number of hydrogen-bond donors (Lipinski definition) is 3. The molecule has 0 spiro atoms. The minimum Gasteiger partial charge on any atom is -0.507 e. The summed E-state index contributed by atoms with van der Waals surface area (Å²) in [6.45, 7) is 10.9. The lowest BCUT2D eigenvalue weighted by atomic mass is 9.71. The number of nitrogens with two attached hydrogens (primary N) is 1. The van der Waals surface area contributed by atoms with Gasteiger partial charge in [0.05, 0.1) is 24.2 Å². The van der Waals surface area contributed by atoms with Crippen molar-refractivity contribution >= 4 is 12.1 Å². The van der Waals surface area contributed by atoms with E-state index in [0.29, 0.717) is 41.0 Å². The van der Waals surface area contributed by atoms with E-state index >= 15 is 0 Å². The number of likely N-dealkylation sites (N-methyl/N-ethyl adjacent to an activating group) is 1. The Kier molecular flexibility index (Phi) is 7.89. The number of fused-ring (bicyclic) bond motifs is 9. The molecule has 1 fully saturated rings. The van der Waals surface area contributed by atoms with Gasteiger partial charge < -0.3 is 35.1 Å². The lowest BCUT2D eigenvalue weighted by Gasteiger charge is -2.60. The third-order valence-corrected chi connectivity index (χ3v) is 9.82. The van der Waals surface area contributed by atoms with E-state index < -0.39 is 24.3 Å². The van der Waals surface area contributed by atoms with Crippen LogP contribution in [0.2, 0.25) is 0 Å². The van der Waals surface area contributed by atoms with Crippen LogP contribution < -0.4 is 25.3 Å². The van der Waals surface area contributed by atoms with Crippen molar-refractivity contribution in [2.75, 3.05) is 27.0 Å². The quantitative estimate of drug-likeness (QED) is 0.248. The maximum atomic E-state index is 12.8. The molecule has 4 N–H and O–H groups in total. The van der Waals surface area contributed by atoms with Gasteiger partial charge in [0.15, 0.2) is 11.5 Å². The summed E-state index contributed by atoms with van der Waals surface area (Å²) < 4.78 is 23.0. The zero-order valence-corrected chi connectivity index (χ0v) is 26.2. The minimum absolute atomic E-state index is 0.0279. The molecule has 1 saturated heterocycles. The highest BCUT2D eigenvalue weighted by atomic mass is 16.7. The molecule has 0 aliphatic carbocycles. The van der Waals surface area contributed by atoms with Gasteiger partial charge in [-0.1, -0.05) is 18.7 Å². The molecule has 4 aliphatic rings. The molecular formula is C33H39N5O7. The number of aryl methyl sites for hydroxylation is 1. The molecule has 1 unspecified atom stereocenters. The molecule has 238 valence electrons. The number of ether oxygens (including phenoxy) is 4. The number of hydrogen-bond acceptors (Lipinski definition) is 11. The number of phenolic OH excluding ortho intramolecular Hbond substituents is 1. The van der Waals surface area contributed by atoms with Gasteiger partial charge in [0, 0.05) is 40.9 Å². The molecule has 2 bridgehead atoms. The van der Waals surface area contributed by atoms with Crippen LogP contribution in [0.5, 0.6) is 23.0 Å². The average Bonchev–Trinajstić information content (AvgIpc) is 3.50. The summed E-state index contributed by atoms with van der Waals surface area (Å²) in [5.74, 6) is 1.10. The predicted molar refractivity (Wildman–Crippen MR) is 163 cm³/mol. The van der Waals surface area contributed by atoms with Crippen molar-refractivity contribution in [2.45, 2.75) is 76.8 Å². The number of carbonyl (C=O) groups is 2. The number of nitriles is 1. The number of piperazine rings is 1. The molecule has 0 aromatic heterocycles. The van der Waals surface area contributed by atoms with Crippen molar-refractivity contribution in [3.05, 3.63) is 57.7 Å². The third-order valence-electron chi connectivity index (χ3n) is 9.82. The SMILES string of the molecule is C=CCOC(=O)Oc1c(C)c2c(c3c1CC1[C@H]4c5c(cc(C)c(C)c5O)C[C@H]([C@H](C#N)N1[C@H]3CNC(=O)[C@H](C)N)N4C)OCO2. The molecule has 45 heavy (non-hydrogen) atoms. The molecule has 6 rings (SSSR count). The summed E-state index contributed by atoms with van der Waals surface area (Å²) in [6.07, 6.45) is 1.47. The van der Waals surface area contributed by atoms with Gasteiger partial charge in [0.25, 0.3) is 0 Å². The van der Waals surface area contributed by atoms with E-state index in [4.69, 9.17) is 24.7 Å². The summed E-state index contributed by atoms with van der Waals surface area (Å²) in [6, 6.07) is 1.91. The summed E-state index contributed by atoms with van der Waals surface area (Å²) in [4.78, 5) is 30.0. The Hall–Kier alpha value is -4.31. The van der Waals surface area contributed by atoms with Crippen molar-refractivity contribution in [3.8, 4) is 29.1 Å². The van der Waals surface area contributed by atoms with Crippen LogP contribution in [0.3, 0.4) is 0 Å². The second kappa shape index (κ2) is 11.6.